The van der Waals surface area contributed by atoms with E-state index in [2.05, 4.69) is 10.3 Å². The van der Waals surface area contributed by atoms with Gasteiger partial charge in [0.05, 0.1) is 23.8 Å². The molecule has 9 heteroatoms. The Kier molecular flexibility index (Phi) is 6.34. The molecule has 7 nitrogen and oxygen atoms in total. The number of aromatic nitrogens is 2. The van der Waals surface area contributed by atoms with Gasteiger partial charge in [-0.3, -0.25) is 14.2 Å². The van der Waals surface area contributed by atoms with Gasteiger partial charge in [-0.1, -0.05) is 41.9 Å². The van der Waals surface area contributed by atoms with Gasteiger partial charge in [0, 0.05) is 21.5 Å². The highest BCUT2D eigenvalue weighted by molar-refractivity contribution is 7.15. The number of hydrogen-bond acceptors (Lipinski definition) is 6. The van der Waals surface area contributed by atoms with E-state index in [4.69, 9.17) is 16.3 Å². The van der Waals surface area contributed by atoms with Crippen molar-refractivity contribution >= 4 is 50.7 Å². The number of thiophene rings is 1. The molecule has 0 spiro atoms. The van der Waals surface area contributed by atoms with E-state index in [1.807, 2.05) is 6.07 Å². The minimum Gasteiger partial charge on any atom is -0.462 e. The first kappa shape index (κ1) is 21.7. The van der Waals surface area contributed by atoms with Crippen LogP contribution in [0.15, 0.2) is 65.0 Å². The molecule has 0 saturated heterocycles. The Bertz CT molecular complexity index is 1380. The van der Waals surface area contributed by atoms with Gasteiger partial charge < -0.3 is 10.1 Å². The molecule has 0 atom stereocenters. The summed E-state index contributed by atoms with van der Waals surface area (Å²) in [4.78, 5) is 42.3. The lowest BCUT2D eigenvalue weighted by Gasteiger charge is -2.10. The molecule has 1 N–H and O–H groups in total. The Morgan fingerprint density at radius 2 is 1.88 bits per heavy atom. The predicted molar refractivity (Wildman–Crippen MR) is 125 cm³/mol. The van der Waals surface area contributed by atoms with Gasteiger partial charge in [0.15, 0.2) is 0 Å². The Balaban J connectivity index is 1.65. The maximum absolute atomic E-state index is 12.7. The van der Waals surface area contributed by atoms with Crippen LogP contribution in [-0.4, -0.2) is 28.0 Å². The normalized spacial score (nSPS) is 10.8. The Hall–Kier alpha value is -3.49. The quantitative estimate of drug-likeness (QED) is 0.419. The Labute approximate surface area is 192 Å². The zero-order chi connectivity index (χ0) is 22.7. The lowest BCUT2D eigenvalue weighted by atomic mass is 10.0. The number of para-hydroxylation sites is 1. The van der Waals surface area contributed by atoms with Crippen LogP contribution in [0.1, 0.15) is 17.3 Å². The van der Waals surface area contributed by atoms with Crippen LogP contribution in [0.25, 0.3) is 22.0 Å². The molecular formula is C23H18ClN3O4S. The van der Waals surface area contributed by atoms with Gasteiger partial charge >= 0.3 is 5.97 Å². The molecule has 0 aliphatic carbocycles. The maximum Gasteiger partial charge on any atom is 0.341 e. The first-order valence-corrected chi connectivity index (χ1v) is 11.0. The van der Waals surface area contributed by atoms with E-state index < -0.39 is 11.9 Å². The maximum atomic E-state index is 12.7. The topological polar surface area (TPSA) is 90.3 Å². The third kappa shape index (κ3) is 4.28. The summed E-state index contributed by atoms with van der Waals surface area (Å²) in [6.07, 6.45) is 1.33. The molecule has 0 bridgehead atoms. The Morgan fingerprint density at radius 1 is 1.12 bits per heavy atom. The van der Waals surface area contributed by atoms with Crippen molar-refractivity contribution in [2.75, 3.05) is 11.9 Å². The number of esters is 1. The molecule has 4 aromatic rings. The first-order valence-electron chi connectivity index (χ1n) is 9.77. The fourth-order valence-corrected chi connectivity index (χ4v) is 4.48. The van der Waals surface area contributed by atoms with Crippen molar-refractivity contribution in [3.63, 3.8) is 0 Å². The zero-order valence-electron chi connectivity index (χ0n) is 17.0. The standard InChI is InChI=1S/C23H18ClN3O4S/c1-2-31-23(30)20-16(14-7-3-5-9-17(14)24)12-32-21(20)26-19(28)11-27-13-25-18-10-6-4-8-15(18)22(27)29/h3-10,12-13H,2,11H2,1H3,(H,26,28). The first-order chi connectivity index (χ1) is 15.5. The number of carbonyl (C=O) groups is 2. The van der Waals surface area contributed by atoms with E-state index in [1.54, 1.807) is 54.8 Å². The summed E-state index contributed by atoms with van der Waals surface area (Å²) in [6.45, 7) is 1.64. The number of nitrogens with one attached hydrogen (secondary N) is 1. The van der Waals surface area contributed by atoms with Crippen molar-refractivity contribution in [2.24, 2.45) is 0 Å². The third-order valence-corrected chi connectivity index (χ3v) is 5.96. The van der Waals surface area contributed by atoms with Crippen molar-refractivity contribution in [3.05, 3.63) is 81.2 Å². The second-order valence-corrected chi connectivity index (χ2v) is 8.08. The molecule has 4 rings (SSSR count). The summed E-state index contributed by atoms with van der Waals surface area (Å²) < 4.78 is 6.43. The molecule has 162 valence electrons. The van der Waals surface area contributed by atoms with Crippen molar-refractivity contribution in [1.29, 1.82) is 0 Å². The SMILES string of the molecule is CCOC(=O)c1c(-c2ccccc2Cl)csc1NC(=O)Cn1cnc2ccccc2c1=O. The summed E-state index contributed by atoms with van der Waals surface area (Å²) in [6, 6.07) is 14.0. The van der Waals surface area contributed by atoms with Crippen LogP contribution in [0.3, 0.4) is 0 Å². The van der Waals surface area contributed by atoms with Crippen LogP contribution in [-0.2, 0) is 16.1 Å². The highest BCUT2D eigenvalue weighted by Crippen LogP contribution is 2.39. The van der Waals surface area contributed by atoms with Crippen LogP contribution in [0.4, 0.5) is 5.00 Å². The number of carbonyl (C=O) groups excluding carboxylic acids is 2. The van der Waals surface area contributed by atoms with E-state index in [1.165, 1.54) is 22.2 Å². The molecule has 2 heterocycles. The van der Waals surface area contributed by atoms with Gasteiger partial charge in [-0.15, -0.1) is 11.3 Å². The van der Waals surface area contributed by atoms with Gasteiger partial charge in [0.25, 0.3) is 5.56 Å². The van der Waals surface area contributed by atoms with Crippen LogP contribution in [0, 0.1) is 0 Å². The zero-order valence-corrected chi connectivity index (χ0v) is 18.6. The van der Waals surface area contributed by atoms with E-state index in [9.17, 15) is 14.4 Å². The monoisotopic (exact) mass is 467 g/mol. The summed E-state index contributed by atoms with van der Waals surface area (Å²) in [5, 5.41) is 5.70. The molecule has 0 saturated carbocycles. The molecule has 0 radical (unpaired) electrons. The molecule has 0 aliphatic rings. The van der Waals surface area contributed by atoms with E-state index >= 15 is 0 Å². The van der Waals surface area contributed by atoms with Crippen LogP contribution in [0.5, 0.6) is 0 Å². The van der Waals surface area contributed by atoms with Gasteiger partial charge in [0.1, 0.15) is 17.1 Å². The highest BCUT2D eigenvalue weighted by Gasteiger charge is 2.24. The second kappa shape index (κ2) is 9.33. The number of fused-ring (bicyclic) bond motifs is 1. The number of nitrogens with zero attached hydrogens (tertiary/aromatic N) is 2. The predicted octanol–water partition coefficient (Wildman–Crippen LogP) is 4.59. The average Bonchev–Trinajstić information content (AvgIpc) is 3.19. The second-order valence-electron chi connectivity index (χ2n) is 6.80. The molecule has 2 aromatic carbocycles. The van der Waals surface area contributed by atoms with Crippen molar-refractivity contribution in [1.82, 2.24) is 9.55 Å². The fourth-order valence-electron chi connectivity index (χ4n) is 3.27. The molecule has 32 heavy (non-hydrogen) atoms. The Morgan fingerprint density at radius 3 is 2.66 bits per heavy atom. The fraction of sp³-hybridized carbons (Fsp3) is 0.130. The number of hydrogen-bond donors (Lipinski definition) is 1. The van der Waals surface area contributed by atoms with Crippen molar-refractivity contribution in [3.8, 4) is 11.1 Å². The minimum absolute atomic E-state index is 0.183. The molecule has 1 amide bonds. The van der Waals surface area contributed by atoms with Crippen molar-refractivity contribution < 1.29 is 14.3 Å². The highest BCUT2D eigenvalue weighted by atomic mass is 35.5. The summed E-state index contributed by atoms with van der Waals surface area (Å²) in [5.74, 6) is -1.04. The van der Waals surface area contributed by atoms with E-state index in [0.29, 0.717) is 32.1 Å². The molecule has 0 aliphatic heterocycles. The molecular weight excluding hydrogens is 450 g/mol. The van der Waals surface area contributed by atoms with Gasteiger partial charge in [-0.2, -0.15) is 0 Å². The van der Waals surface area contributed by atoms with Gasteiger partial charge in [0.2, 0.25) is 5.91 Å². The molecule has 2 aromatic heterocycles. The minimum atomic E-state index is -0.566. The number of rotatable bonds is 6. The lowest BCUT2D eigenvalue weighted by molar-refractivity contribution is -0.116. The smallest absolute Gasteiger partial charge is 0.341 e. The van der Waals surface area contributed by atoms with Gasteiger partial charge in [-0.25, -0.2) is 9.78 Å². The summed E-state index contributed by atoms with van der Waals surface area (Å²) in [7, 11) is 0. The van der Waals surface area contributed by atoms with Crippen LogP contribution in [0.2, 0.25) is 5.02 Å². The van der Waals surface area contributed by atoms with Crippen molar-refractivity contribution in [2.45, 2.75) is 13.5 Å². The number of halogens is 1. The van der Waals surface area contributed by atoms with Crippen LogP contribution >= 0.6 is 22.9 Å². The number of ether oxygens (including phenoxy) is 1. The van der Waals surface area contributed by atoms with E-state index in [-0.39, 0.29) is 24.3 Å². The van der Waals surface area contributed by atoms with E-state index in [0.717, 1.165) is 0 Å². The summed E-state index contributed by atoms with van der Waals surface area (Å²) >= 11 is 7.51. The largest absolute Gasteiger partial charge is 0.462 e. The molecule has 0 unspecified atom stereocenters. The number of anilines is 1. The summed E-state index contributed by atoms with van der Waals surface area (Å²) in [5.41, 5.74) is 1.69. The number of amides is 1. The van der Waals surface area contributed by atoms with Crippen LogP contribution < -0.4 is 10.9 Å². The molecule has 0 fully saturated rings. The van der Waals surface area contributed by atoms with Gasteiger partial charge in [-0.05, 0) is 25.1 Å². The lowest BCUT2D eigenvalue weighted by Crippen LogP contribution is -2.28. The average molecular weight is 468 g/mol. The number of benzene rings is 2. The third-order valence-electron chi connectivity index (χ3n) is 4.73.